The van der Waals surface area contributed by atoms with Crippen LogP contribution in [0, 0.1) is 5.82 Å². The number of hydrogen-bond donors (Lipinski definition) is 1. The molecular formula is C18H16ClFN2O3. The van der Waals surface area contributed by atoms with Gasteiger partial charge in [-0.15, -0.1) is 0 Å². The molecule has 1 saturated heterocycles. The molecule has 130 valence electrons. The monoisotopic (exact) mass is 362 g/mol. The summed E-state index contributed by atoms with van der Waals surface area (Å²) in [6, 6.07) is 10.5. The number of imide groups is 1. The van der Waals surface area contributed by atoms with Gasteiger partial charge in [-0.3, -0.25) is 9.69 Å². The van der Waals surface area contributed by atoms with E-state index in [2.05, 4.69) is 5.32 Å². The Hall–Kier alpha value is -2.60. The van der Waals surface area contributed by atoms with Crippen LogP contribution in [0.1, 0.15) is 18.1 Å². The van der Waals surface area contributed by atoms with Crippen LogP contribution in [0.2, 0.25) is 5.02 Å². The van der Waals surface area contributed by atoms with Crippen molar-refractivity contribution < 1.29 is 18.7 Å². The van der Waals surface area contributed by atoms with Gasteiger partial charge in [0, 0.05) is 5.02 Å². The number of carbonyl (C=O) groups is 2. The fourth-order valence-electron chi connectivity index (χ4n) is 2.81. The summed E-state index contributed by atoms with van der Waals surface area (Å²) in [5.74, 6) is -0.851. The first kappa shape index (κ1) is 17.2. The summed E-state index contributed by atoms with van der Waals surface area (Å²) < 4.78 is 18.7. The van der Waals surface area contributed by atoms with Crippen molar-refractivity contribution in [2.75, 3.05) is 7.11 Å². The molecule has 0 saturated carbocycles. The van der Waals surface area contributed by atoms with Gasteiger partial charge in [0.05, 0.1) is 13.7 Å². The predicted octanol–water partition coefficient (Wildman–Crippen LogP) is 3.45. The van der Waals surface area contributed by atoms with Crippen LogP contribution in [0.5, 0.6) is 5.75 Å². The molecule has 3 rings (SSSR count). The van der Waals surface area contributed by atoms with E-state index in [4.69, 9.17) is 16.3 Å². The van der Waals surface area contributed by atoms with Crippen molar-refractivity contribution in [2.45, 2.75) is 19.0 Å². The number of rotatable bonds is 4. The first-order chi connectivity index (χ1) is 11.8. The molecule has 25 heavy (non-hydrogen) atoms. The van der Waals surface area contributed by atoms with E-state index in [0.29, 0.717) is 16.1 Å². The maximum absolute atomic E-state index is 13.8. The number of ether oxygens (including phenoxy) is 1. The molecule has 2 aromatic carbocycles. The van der Waals surface area contributed by atoms with Crippen molar-refractivity contribution in [1.82, 2.24) is 10.2 Å². The van der Waals surface area contributed by atoms with E-state index in [1.54, 1.807) is 37.3 Å². The zero-order valence-corrected chi connectivity index (χ0v) is 14.4. The summed E-state index contributed by atoms with van der Waals surface area (Å²) in [6.45, 7) is 1.60. The average molecular weight is 363 g/mol. The minimum atomic E-state index is -1.19. The molecule has 3 amide bonds. The summed E-state index contributed by atoms with van der Waals surface area (Å²) in [4.78, 5) is 26.2. The number of amides is 3. The number of methoxy groups -OCH3 is 1. The molecular weight excluding hydrogens is 347 g/mol. The van der Waals surface area contributed by atoms with Crippen LogP contribution in [-0.4, -0.2) is 23.9 Å². The van der Waals surface area contributed by atoms with Crippen LogP contribution in [0.15, 0.2) is 42.5 Å². The standard InChI is InChI=1S/C18H16ClFN2O3/c1-18(12-4-6-13(19)7-5-12)16(23)22(17(24)21-18)10-11-3-8-15(25-2)14(20)9-11/h3-9H,10H2,1-2H3,(H,21,24)/t18-/m1/s1. The minimum absolute atomic E-state index is 0.0330. The number of hydrogen-bond acceptors (Lipinski definition) is 3. The average Bonchev–Trinajstić information content (AvgIpc) is 2.80. The van der Waals surface area contributed by atoms with Crippen LogP contribution >= 0.6 is 11.6 Å². The van der Waals surface area contributed by atoms with E-state index in [9.17, 15) is 14.0 Å². The highest BCUT2D eigenvalue weighted by atomic mass is 35.5. The fourth-order valence-corrected chi connectivity index (χ4v) is 2.94. The lowest BCUT2D eigenvalue weighted by atomic mass is 9.92. The zero-order chi connectivity index (χ0) is 18.2. The number of nitrogens with zero attached hydrogens (tertiary/aromatic N) is 1. The van der Waals surface area contributed by atoms with Crippen LogP contribution in [0.3, 0.4) is 0 Å². The molecule has 2 aromatic rings. The van der Waals surface area contributed by atoms with E-state index in [-0.39, 0.29) is 12.3 Å². The number of halogens is 2. The van der Waals surface area contributed by atoms with Crippen molar-refractivity contribution >= 4 is 23.5 Å². The number of urea groups is 1. The van der Waals surface area contributed by atoms with Crippen LogP contribution in [-0.2, 0) is 16.9 Å². The lowest BCUT2D eigenvalue weighted by Gasteiger charge is -2.22. The van der Waals surface area contributed by atoms with E-state index < -0.39 is 23.3 Å². The van der Waals surface area contributed by atoms with Gasteiger partial charge in [0.1, 0.15) is 5.54 Å². The molecule has 1 N–H and O–H groups in total. The topological polar surface area (TPSA) is 58.6 Å². The predicted molar refractivity (Wildman–Crippen MR) is 90.8 cm³/mol. The lowest BCUT2D eigenvalue weighted by molar-refractivity contribution is -0.131. The van der Waals surface area contributed by atoms with E-state index >= 15 is 0 Å². The Balaban J connectivity index is 1.86. The Morgan fingerprint density at radius 2 is 1.88 bits per heavy atom. The van der Waals surface area contributed by atoms with Crippen LogP contribution in [0.4, 0.5) is 9.18 Å². The molecule has 0 spiro atoms. The van der Waals surface area contributed by atoms with Gasteiger partial charge in [-0.25, -0.2) is 9.18 Å². The maximum atomic E-state index is 13.8. The van der Waals surface area contributed by atoms with Crippen LogP contribution in [0.25, 0.3) is 0 Å². The van der Waals surface area contributed by atoms with E-state index in [0.717, 1.165) is 4.90 Å². The molecule has 1 fully saturated rings. The Morgan fingerprint density at radius 3 is 2.48 bits per heavy atom. The number of nitrogens with one attached hydrogen (secondary N) is 1. The first-order valence-corrected chi connectivity index (χ1v) is 7.95. The highest BCUT2D eigenvalue weighted by Crippen LogP contribution is 2.31. The summed E-state index contributed by atoms with van der Waals surface area (Å²) in [5.41, 5.74) is -0.0759. The third kappa shape index (κ3) is 3.05. The van der Waals surface area contributed by atoms with Crippen molar-refractivity contribution in [2.24, 2.45) is 0 Å². The fraction of sp³-hybridized carbons (Fsp3) is 0.222. The van der Waals surface area contributed by atoms with E-state index in [1.165, 1.54) is 19.2 Å². The molecule has 0 bridgehead atoms. The largest absolute Gasteiger partial charge is 0.494 e. The Bertz CT molecular complexity index is 841. The Labute approximate surface area is 149 Å². The van der Waals surface area contributed by atoms with Gasteiger partial charge in [0.2, 0.25) is 0 Å². The Morgan fingerprint density at radius 1 is 1.20 bits per heavy atom. The van der Waals surface area contributed by atoms with Gasteiger partial charge in [0.15, 0.2) is 11.6 Å². The molecule has 1 atom stereocenters. The summed E-state index contributed by atoms with van der Waals surface area (Å²) >= 11 is 5.88. The summed E-state index contributed by atoms with van der Waals surface area (Å²) in [5, 5.41) is 3.24. The van der Waals surface area contributed by atoms with Crippen molar-refractivity contribution in [3.05, 3.63) is 64.4 Å². The molecule has 1 aliphatic heterocycles. The zero-order valence-electron chi connectivity index (χ0n) is 13.7. The molecule has 0 radical (unpaired) electrons. The second-order valence-corrected chi connectivity index (χ2v) is 6.36. The second-order valence-electron chi connectivity index (χ2n) is 5.92. The summed E-state index contributed by atoms with van der Waals surface area (Å²) in [7, 11) is 1.37. The maximum Gasteiger partial charge on any atom is 0.325 e. The number of carbonyl (C=O) groups excluding carboxylic acids is 2. The van der Waals surface area contributed by atoms with Gasteiger partial charge in [-0.2, -0.15) is 0 Å². The Kier molecular flexibility index (Phi) is 4.39. The van der Waals surface area contributed by atoms with Crippen molar-refractivity contribution in [3.63, 3.8) is 0 Å². The van der Waals surface area contributed by atoms with Crippen molar-refractivity contribution in [3.8, 4) is 5.75 Å². The molecule has 7 heteroatoms. The van der Waals surface area contributed by atoms with E-state index in [1.807, 2.05) is 0 Å². The SMILES string of the molecule is COc1ccc(CN2C(=O)N[C@](C)(c3ccc(Cl)cc3)C2=O)cc1F. The van der Waals surface area contributed by atoms with Gasteiger partial charge in [-0.05, 0) is 42.3 Å². The van der Waals surface area contributed by atoms with Crippen molar-refractivity contribution in [1.29, 1.82) is 0 Å². The molecule has 1 aliphatic rings. The van der Waals surface area contributed by atoms with Crippen LogP contribution < -0.4 is 10.1 Å². The van der Waals surface area contributed by atoms with Gasteiger partial charge >= 0.3 is 6.03 Å². The molecule has 0 aliphatic carbocycles. The summed E-state index contributed by atoms with van der Waals surface area (Å²) in [6.07, 6.45) is 0. The minimum Gasteiger partial charge on any atom is -0.494 e. The molecule has 0 aromatic heterocycles. The molecule has 1 heterocycles. The van der Waals surface area contributed by atoms with Gasteiger partial charge < -0.3 is 10.1 Å². The second kappa shape index (κ2) is 6.37. The lowest BCUT2D eigenvalue weighted by Crippen LogP contribution is -2.40. The smallest absolute Gasteiger partial charge is 0.325 e. The third-order valence-electron chi connectivity index (χ3n) is 4.25. The van der Waals surface area contributed by atoms with Gasteiger partial charge in [-0.1, -0.05) is 29.8 Å². The quantitative estimate of drug-likeness (QED) is 0.847. The highest BCUT2D eigenvalue weighted by molar-refractivity contribution is 6.30. The highest BCUT2D eigenvalue weighted by Gasteiger charge is 2.48. The normalized spacial score (nSPS) is 19.9. The third-order valence-corrected chi connectivity index (χ3v) is 4.51. The molecule has 0 unspecified atom stereocenters. The number of benzene rings is 2. The first-order valence-electron chi connectivity index (χ1n) is 7.57. The van der Waals surface area contributed by atoms with Gasteiger partial charge in [0.25, 0.3) is 5.91 Å². The molecule has 5 nitrogen and oxygen atoms in total.